The number of hydrogen-bond acceptors (Lipinski definition) is 3. The molecule has 0 spiro atoms. The summed E-state index contributed by atoms with van der Waals surface area (Å²) in [5.41, 5.74) is 7.73. The molecule has 0 aliphatic carbocycles. The van der Waals surface area contributed by atoms with E-state index in [4.69, 9.17) is 10.5 Å². The van der Waals surface area contributed by atoms with Gasteiger partial charge in [-0.15, -0.1) is 0 Å². The molecule has 0 bridgehead atoms. The Hall–Kier alpha value is -1.39. The molecule has 0 aliphatic heterocycles. The summed E-state index contributed by atoms with van der Waals surface area (Å²) in [7, 11) is 0. The summed E-state index contributed by atoms with van der Waals surface area (Å²) >= 11 is 3.40. The van der Waals surface area contributed by atoms with E-state index < -0.39 is 0 Å². The lowest BCUT2D eigenvalue weighted by Gasteiger charge is -2.10. The van der Waals surface area contributed by atoms with Gasteiger partial charge in [-0.2, -0.15) is 0 Å². The third-order valence-electron chi connectivity index (χ3n) is 2.47. The minimum absolute atomic E-state index is 0.420. The van der Waals surface area contributed by atoms with Gasteiger partial charge in [0.1, 0.15) is 5.75 Å². The number of nitrogens with two attached hydrogens (primary N) is 1. The van der Waals surface area contributed by atoms with Gasteiger partial charge in [0.2, 0.25) is 5.88 Å². The highest BCUT2D eigenvalue weighted by Gasteiger charge is 2.07. The fraction of sp³-hybridized carbons (Fsp3) is 0.154. The quantitative estimate of drug-likeness (QED) is 0.943. The zero-order valence-corrected chi connectivity index (χ0v) is 11.1. The van der Waals surface area contributed by atoms with Crippen molar-refractivity contribution in [2.45, 2.75) is 13.5 Å². The van der Waals surface area contributed by atoms with Crippen LogP contribution < -0.4 is 10.5 Å². The van der Waals surface area contributed by atoms with E-state index in [0.717, 1.165) is 21.3 Å². The molecule has 2 N–H and O–H groups in total. The van der Waals surface area contributed by atoms with E-state index in [1.807, 2.05) is 37.3 Å². The van der Waals surface area contributed by atoms with Crippen LogP contribution in [-0.2, 0) is 6.54 Å². The molecule has 0 saturated heterocycles. The Morgan fingerprint density at radius 2 is 2.18 bits per heavy atom. The Kier molecular flexibility index (Phi) is 3.76. The first-order chi connectivity index (χ1) is 8.20. The van der Waals surface area contributed by atoms with Crippen LogP contribution >= 0.6 is 15.9 Å². The van der Waals surface area contributed by atoms with Crippen LogP contribution in [-0.4, -0.2) is 4.98 Å². The summed E-state index contributed by atoms with van der Waals surface area (Å²) in [5.74, 6) is 1.32. The lowest BCUT2D eigenvalue weighted by atomic mass is 10.1. The molecule has 0 amide bonds. The molecule has 0 saturated carbocycles. The van der Waals surface area contributed by atoms with Gasteiger partial charge in [-0.05, 0) is 36.8 Å². The number of benzene rings is 1. The van der Waals surface area contributed by atoms with Crippen LogP contribution in [0.4, 0.5) is 0 Å². The molecule has 1 aromatic heterocycles. The molecule has 17 heavy (non-hydrogen) atoms. The molecule has 0 aliphatic rings. The first kappa shape index (κ1) is 12.1. The van der Waals surface area contributed by atoms with E-state index in [0.29, 0.717) is 12.4 Å². The number of aromatic nitrogens is 1. The first-order valence-electron chi connectivity index (χ1n) is 5.28. The van der Waals surface area contributed by atoms with Crippen LogP contribution in [0.3, 0.4) is 0 Å². The van der Waals surface area contributed by atoms with Crippen LogP contribution in [0.25, 0.3) is 0 Å². The number of hydrogen-bond donors (Lipinski definition) is 1. The zero-order valence-electron chi connectivity index (χ0n) is 9.48. The lowest BCUT2D eigenvalue weighted by molar-refractivity contribution is 0.455. The summed E-state index contributed by atoms with van der Waals surface area (Å²) in [6.45, 7) is 2.42. The maximum absolute atomic E-state index is 5.74. The maximum atomic E-state index is 5.74. The number of nitrogens with zero attached hydrogens (tertiary/aromatic N) is 1. The van der Waals surface area contributed by atoms with Crippen molar-refractivity contribution in [3.8, 4) is 11.6 Å². The van der Waals surface area contributed by atoms with Crippen molar-refractivity contribution in [3.63, 3.8) is 0 Å². The standard InChI is InChI=1S/C13H13BrN2O/c1-9-5-6-16-13(12(9)8-15)17-11-4-2-3-10(14)7-11/h2-7H,8,15H2,1H3. The molecule has 2 aromatic rings. The second-order valence-electron chi connectivity index (χ2n) is 3.68. The number of ether oxygens (including phenoxy) is 1. The van der Waals surface area contributed by atoms with Crippen LogP contribution in [0, 0.1) is 6.92 Å². The highest BCUT2D eigenvalue weighted by atomic mass is 79.9. The number of halogens is 1. The molecule has 0 fully saturated rings. The first-order valence-corrected chi connectivity index (χ1v) is 6.08. The van der Waals surface area contributed by atoms with Gasteiger partial charge in [0, 0.05) is 22.8 Å². The SMILES string of the molecule is Cc1ccnc(Oc2cccc(Br)c2)c1CN. The molecule has 1 aromatic carbocycles. The van der Waals surface area contributed by atoms with Gasteiger partial charge in [-0.25, -0.2) is 4.98 Å². The minimum atomic E-state index is 0.420. The molecular weight excluding hydrogens is 280 g/mol. The van der Waals surface area contributed by atoms with Crippen LogP contribution in [0.1, 0.15) is 11.1 Å². The highest BCUT2D eigenvalue weighted by molar-refractivity contribution is 9.10. The van der Waals surface area contributed by atoms with E-state index in [1.54, 1.807) is 6.20 Å². The monoisotopic (exact) mass is 292 g/mol. The van der Waals surface area contributed by atoms with Crippen molar-refractivity contribution in [3.05, 3.63) is 52.1 Å². The van der Waals surface area contributed by atoms with E-state index in [-0.39, 0.29) is 0 Å². The van der Waals surface area contributed by atoms with Gasteiger partial charge >= 0.3 is 0 Å². The third-order valence-corrected chi connectivity index (χ3v) is 2.96. The Morgan fingerprint density at radius 1 is 1.35 bits per heavy atom. The maximum Gasteiger partial charge on any atom is 0.223 e. The van der Waals surface area contributed by atoms with Crippen molar-refractivity contribution in [1.29, 1.82) is 0 Å². The summed E-state index contributed by atoms with van der Waals surface area (Å²) in [6.07, 6.45) is 1.72. The van der Waals surface area contributed by atoms with Gasteiger partial charge in [-0.3, -0.25) is 0 Å². The van der Waals surface area contributed by atoms with Crippen molar-refractivity contribution in [2.75, 3.05) is 0 Å². The highest BCUT2D eigenvalue weighted by Crippen LogP contribution is 2.26. The molecule has 0 atom stereocenters. The lowest BCUT2D eigenvalue weighted by Crippen LogP contribution is -2.03. The van der Waals surface area contributed by atoms with E-state index in [1.165, 1.54) is 0 Å². The second kappa shape index (κ2) is 5.29. The molecule has 3 nitrogen and oxygen atoms in total. The van der Waals surface area contributed by atoms with Crippen LogP contribution in [0.15, 0.2) is 41.0 Å². The Labute approximate surface area is 109 Å². The summed E-state index contributed by atoms with van der Waals surface area (Å²) < 4.78 is 6.71. The smallest absolute Gasteiger partial charge is 0.223 e. The summed E-state index contributed by atoms with van der Waals surface area (Å²) in [4.78, 5) is 4.22. The number of rotatable bonds is 3. The average Bonchev–Trinajstić information content (AvgIpc) is 2.29. The van der Waals surface area contributed by atoms with E-state index in [9.17, 15) is 0 Å². The average molecular weight is 293 g/mol. The normalized spacial score (nSPS) is 10.3. The molecule has 4 heteroatoms. The molecule has 88 valence electrons. The largest absolute Gasteiger partial charge is 0.439 e. The van der Waals surface area contributed by atoms with Crippen molar-refractivity contribution in [1.82, 2.24) is 4.98 Å². The Balaban J connectivity index is 2.33. The summed E-state index contributed by atoms with van der Waals surface area (Å²) in [6, 6.07) is 9.56. The zero-order chi connectivity index (χ0) is 12.3. The van der Waals surface area contributed by atoms with Gasteiger partial charge in [0.25, 0.3) is 0 Å². The van der Waals surface area contributed by atoms with Crippen molar-refractivity contribution in [2.24, 2.45) is 5.73 Å². The van der Waals surface area contributed by atoms with Crippen LogP contribution in [0.2, 0.25) is 0 Å². The molecule has 1 heterocycles. The fourth-order valence-corrected chi connectivity index (χ4v) is 1.92. The number of pyridine rings is 1. The Morgan fingerprint density at radius 3 is 2.88 bits per heavy atom. The second-order valence-corrected chi connectivity index (χ2v) is 4.59. The van der Waals surface area contributed by atoms with Gasteiger partial charge in [0.05, 0.1) is 0 Å². The molecule has 0 radical (unpaired) electrons. The topological polar surface area (TPSA) is 48.1 Å². The van der Waals surface area contributed by atoms with E-state index >= 15 is 0 Å². The minimum Gasteiger partial charge on any atom is -0.439 e. The van der Waals surface area contributed by atoms with E-state index in [2.05, 4.69) is 20.9 Å². The number of aryl methyl sites for hydroxylation is 1. The van der Waals surface area contributed by atoms with Crippen molar-refractivity contribution >= 4 is 15.9 Å². The predicted molar refractivity (Wildman–Crippen MR) is 71.1 cm³/mol. The molecule has 0 unspecified atom stereocenters. The molecule has 2 rings (SSSR count). The van der Waals surface area contributed by atoms with Gasteiger partial charge < -0.3 is 10.5 Å². The Bertz CT molecular complexity index is 529. The summed E-state index contributed by atoms with van der Waals surface area (Å²) in [5, 5.41) is 0. The fourth-order valence-electron chi connectivity index (χ4n) is 1.54. The van der Waals surface area contributed by atoms with Gasteiger partial charge in [-0.1, -0.05) is 22.0 Å². The molecular formula is C13H13BrN2O. The van der Waals surface area contributed by atoms with Crippen molar-refractivity contribution < 1.29 is 4.74 Å². The van der Waals surface area contributed by atoms with Crippen LogP contribution in [0.5, 0.6) is 11.6 Å². The predicted octanol–water partition coefficient (Wildman–Crippen LogP) is 3.40. The third kappa shape index (κ3) is 2.84. The van der Waals surface area contributed by atoms with Gasteiger partial charge in [0.15, 0.2) is 0 Å².